The SMILES string of the molecule is Cc1ccc(F)c(NC(=O)C(=O)NCC(C)(O)c2ccco2)c1. The predicted octanol–water partition coefficient (Wildman–Crippen LogP) is 1.69. The van der Waals surface area contributed by atoms with E-state index >= 15 is 0 Å². The average molecular weight is 320 g/mol. The summed E-state index contributed by atoms with van der Waals surface area (Å²) in [5.74, 6) is -2.40. The van der Waals surface area contributed by atoms with E-state index in [1.165, 1.54) is 25.3 Å². The van der Waals surface area contributed by atoms with Crippen LogP contribution in [0.15, 0.2) is 41.0 Å². The van der Waals surface area contributed by atoms with Crippen LogP contribution >= 0.6 is 0 Å². The van der Waals surface area contributed by atoms with Gasteiger partial charge in [0.2, 0.25) is 0 Å². The zero-order chi connectivity index (χ0) is 17.0. The molecule has 6 nitrogen and oxygen atoms in total. The third-order valence-corrected chi connectivity index (χ3v) is 3.22. The molecule has 1 atom stereocenters. The molecule has 2 rings (SSSR count). The maximum atomic E-state index is 13.6. The van der Waals surface area contributed by atoms with Crippen LogP contribution in [0.2, 0.25) is 0 Å². The molecule has 3 N–H and O–H groups in total. The van der Waals surface area contributed by atoms with Crippen molar-refractivity contribution in [2.75, 3.05) is 11.9 Å². The number of aliphatic hydroxyl groups is 1. The number of amides is 2. The van der Waals surface area contributed by atoms with E-state index in [9.17, 15) is 19.1 Å². The van der Waals surface area contributed by atoms with Gasteiger partial charge in [0.15, 0.2) is 0 Å². The lowest BCUT2D eigenvalue weighted by Gasteiger charge is -2.20. The smallest absolute Gasteiger partial charge is 0.313 e. The van der Waals surface area contributed by atoms with Gasteiger partial charge in [-0.25, -0.2) is 4.39 Å². The van der Waals surface area contributed by atoms with Crippen molar-refractivity contribution in [1.29, 1.82) is 0 Å². The Morgan fingerprint density at radius 3 is 2.70 bits per heavy atom. The molecule has 0 aliphatic carbocycles. The first kappa shape index (κ1) is 16.7. The molecule has 7 heteroatoms. The molecule has 0 radical (unpaired) electrons. The second kappa shape index (κ2) is 6.62. The first-order valence-corrected chi connectivity index (χ1v) is 6.91. The number of furan rings is 1. The normalized spacial score (nSPS) is 13.2. The molecule has 0 saturated carbocycles. The molecule has 0 spiro atoms. The van der Waals surface area contributed by atoms with Gasteiger partial charge in [0.05, 0.1) is 18.5 Å². The van der Waals surface area contributed by atoms with Crippen LogP contribution in [-0.2, 0) is 15.2 Å². The number of halogens is 1. The average Bonchev–Trinajstić information content (AvgIpc) is 3.03. The number of hydrogen-bond acceptors (Lipinski definition) is 4. The molecule has 23 heavy (non-hydrogen) atoms. The van der Waals surface area contributed by atoms with Gasteiger partial charge in [0, 0.05) is 0 Å². The highest BCUT2D eigenvalue weighted by Crippen LogP contribution is 2.20. The lowest BCUT2D eigenvalue weighted by Crippen LogP contribution is -2.43. The summed E-state index contributed by atoms with van der Waals surface area (Å²) < 4.78 is 18.6. The van der Waals surface area contributed by atoms with Crippen LogP contribution in [0.3, 0.4) is 0 Å². The molecule has 0 aliphatic heterocycles. The summed E-state index contributed by atoms with van der Waals surface area (Å²) in [7, 11) is 0. The van der Waals surface area contributed by atoms with Crippen LogP contribution in [0.25, 0.3) is 0 Å². The van der Waals surface area contributed by atoms with E-state index in [4.69, 9.17) is 4.42 Å². The number of carbonyl (C=O) groups is 2. The molecule has 0 aliphatic rings. The van der Waals surface area contributed by atoms with Crippen molar-refractivity contribution in [2.45, 2.75) is 19.4 Å². The lowest BCUT2D eigenvalue weighted by atomic mass is 10.0. The first-order chi connectivity index (χ1) is 10.8. The molecule has 0 bridgehead atoms. The largest absolute Gasteiger partial charge is 0.466 e. The summed E-state index contributed by atoms with van der Waals surface area (Å²) in [6, 6.07) is 7.31. The van der Waals surface area contributed by atoms with Gasteiger partial charge in [-0.1, -0.05) is 6.07 Å². The number of rotatable bonds is 4. The number of carbonyl (C=O) groups excluding carboxylic acids is 2. The Hall–Kier alpha value is -2.67. The number of benzene rings is 1. The minimum atomic E-state index is -1.46. The van der Waals surface area contributed by atoms with Crippen molar-refractivity contribution < 1.29 is 23.5 Å². The summed E-state index contributed by atoms with van der Waals surface area (Å²) in [5, 5.41) is 14.6. The Labute approximate surface area is 132 Å². The Morgan fingerprint density at radius 1 is 1.30 bits per heavy atom. The predicted molar refractivity (Wildman–Crippen MR) is 81.1 cm³/mol. The number of aryl methyl sites for hydroxylation is 1. The highest BCUT2D eigenvalue weighted by atomic mass is 19.1. The zero-order valence-corrected chi connectivity index (χ0v) is 12.7. The monoisotopic (exact) mass is 320 g/mol. The Balaban J connectivity index is 1.95. The summed E-state index contributed by atoms with van der Waals surface area (Å²) in [6.45, 7) is 2.93. The summed E-state index contributed by atoms with van der Waals surface area (Å²) in [4.78, 5) is 23.6. The number of hydrogen-bond donors (Lipinski definition) is 3. The van der Waals surface area contributed by atoms with E-state index in [1.54, 1.807) is 25.1 Å². The van der Waals surface area contributed by atoms with Crippen LogP contribution in [-0.4, -0.2) is 23.5 Å². The quantitative estimate of drug-likeness (QED) is 0.748. The fourth-order valence-corrected chi connectivity index (χ4v) is 1.92. The molecule has 0 fully saturated rings. The minimum absolute atomic E-state index is 0.0806. The van der Waals surface area contributed by atoms with Gasteiger partial charge in [0.25, 0.3) is 0 Å². The fraction of sp³-hybridized carbons (Fsp3) is 0.250. The maximum Gasteiger partial charge on any atom is 0.313 e. The van der Waals surface area contributed by atoms with Crippen molar-refractivity contribution in [3.05, 3.63) is 53.7 Å². The highest BCUT2D eigenvalue weighted by Gasteiger charge is 2.28. The zero-order valence-electron chi connectivity index (χ0n) is 12.7. The Kier molecular flexibility index (Phi) is 4.80. The molecule has 2 amide bonds. The molecule has 122 valence electrons. The molecular formula is C16H17FN2O4. The van der Waals surface area contributed by atoms with Crippen molar-refractivity contribution in [3.63, 3.8) is 0 Å². The minimum Gasteiger partial charge on any atom is -0.466 e. The first-order valence-electron chi connectivity index (χ1n) is 6.91. The van der Waals surface area contributed by atoms with Crippen molar-refractivity contribution in [2.24, 2.45) is 0 Å². The molecule has 1 aromatic carbocycles. The van der Waals surface area contributed by atoms with Gasteiger partial charge in [-0.3, -0.25) is 9.59 Å². The van der Waals surface area contributed by atoms with Gasteiger partial charge < -0.3 is 20.2 Å². The van der Waals surface area contributed by atoms with Crippen molar-refractivity contribution in [1.82, 2.24) is 5.32 Å². The lowest BCUT2D eigenvalue weighted by molar-refractivity contribution is -0.136. The van der Waals surface area contributed by atoms with E-state index in [0.29, 0.717) is 0 Å². The van der Waals surface area contributed by atoms with Crippen LogP contribution in [0, 0.1) is 12.7 Å². The maximum absolute atomic E-state index is 13.6. The van der Waals surface area contributed by atoms with Crippen molar-refractivity contribution in [3.8, 4) is 0 Å². The van der Waals surface area contributed by atoms with Gasteiger partial charge >= 0.3 is 11.8 Å². The van der Waals surface area contributed by atoms with Gasteiger partial charge in [0.1, 0.15) is 17.2 Å². The van der Waals surface area contributed by atoms with Crippen LogP contribution in [0.5, 0.6) is 0 Å². The van der Waals surface area contributed by atoms with E-state index in [1.807, 2.05) is 0 Å². The summed E-state index contributed by atoms with van der Waals surface area (Å²) >= 11 is 0. The third-order valence-electron chi connectivity index (χ3n) is 3.22. The molecule has 0 saturated heterocycles. The second-order valence-electron chi connectivity index (χ2n) is 5.37. The highest BCUT2D eigenvalue weighted by molar-refractivity contribution is 6.39. The van der Waals surface area contributed by atoms with Crippen LogP contribution in [0.4, 0.5) is 10.1 Å². The Morgan fingerprint density at radius 2 is 2.04 bits per heavy atom. The summed E-state index contributed by atoms with van der Waals surface area (Å²) in [5.41, 5.74) is -0.806. The molecule has 2 aromatic rings. The van der Waals surface area contributed by atoms with Gasteiger partial charge in [-0.2, -0.15) is 0 Å². The van der Waals surface area contributed by atoms with Gasteiger partial charge in [-0.05, 0) is 43.7 Å². The van der Waals surface area contributed by atoms with E-state index in [-0.39, 0.29) is 18.0 Å². The molecule has 1 unspecified atom stereocenters. The van der Waals surface area contributed by atoms with E-state index < -0.39 is 23.2 Å². The number of anilines is 1. The fourth-order valence-electron chi connectivity index (χ4n) is 1.92. The van der Waals surface area contributed by atoms with E-state index in [0.717, 1.165) is 5.56 Å². The molecule has 1 aromatic heterocycles. The van der Waals surface area contributed by atoms with Crippen LogP contribution < -0.4 is 10.6 Å². The van der Waals surface area contributed by atoms with Crippen LogP contribution in [0.1, 0.15) is 18.2 Å². The van der Waals surface area contributed by atoms with Gasteiger partial charge in [-0.15, -0.1) is 0 Å². The molecule has 1 heterocycles. The Bertz CT molecular complexity index is 711. The second-order valence-corrected chi connectivity index (χ2v) is 5.37. The van der Waals surface area contributed by atoms with E-state index in [2.05, 4.69) is 10.6 Å². The number of nitrogens with one attached hydrogen (secondary N) is 2. The standard InChI is InChI=1S/C16H17FN2O4/c1-10-5-6-11(17)12(8-10)19-15(21)14(20)18-9-16(2,22)13-4-3-7-23-13/h3-8,22H,9H2,1-2H3,(H,18,20)(H,19,21). The third kappa shape index (κ3) is 4.17. The molecular weight excluding hydrogens is 303 g/mol. The van der Waals surface area contributed by atoms with Crippen molar-refractivity contribution >= 4 is 17.5 Å². The summed E-state index contributed by atoms with van der Waals surface area (Å²) in [6.07, 6.45) is 1.39. The topological polar surface area (TPSA) is 91.6 Å².